The van der Waals surface area contributed by atoms with E-state index in [0.29, 0.717) is 12.6 Å². The lowest BCUT2D eigenvalue weighted by Gasteiger charge is -2.14. The molecule has 120 valence electrons. The SMILES string of the molecule is CSCCN(C)S(=O)(=O)c1cnn(CCCNC2CC2)c1. The third-order valence-corrected chi connectivity index (χ3v) is 5.90. The Bertz CT molecular complexity index is 540. The minimum absolute atomic E-state index is 0.279. The summed E-state index contributed by atoms with van der Waals surface area (Å²) in [6.07, 6.45) is 8.56. The van der Waals surface area contributed by atoms with Crippen molar-refractivity contribution in [2.24, 2.45) is 0 Å². The predicted molar refractivity (Wildman–Crippen MR) is 86.1 cm³/mol. The Hall–Kier alpha value is -0.570. The molecule has 1 N–H and O–H groups in total. The highest BCUT2D eigenvalue weighted by Crippen LogP contribution is 2.18. The van der Waals surface area contributed by atoms with E-state index >= 15 is 0 Å². The molecular weight excluding hydrogens is 308 g/mol. The molecule has 0 aromatic carbocycles. The lowest BCUT2D eigenvalue weighted by Crippen LogP contribution is -2.28. The Morgan fingerprint density at radius 3 is 2.95 bits per heavy atom. The van der Waals surface area contributed by atoms with E-state index in [4.69, 9.17) is 0 Å². The summed E-state index contributed by atoms with van der Waals surface area (Å²) in [6, 6.07) is 0.712. The molecule has 1 aromatic heterocycles. The van der Waals surface area contributed by atoms with E-state index in [1.807, 2.05) is 6.26 Å². The molecule has 1 aromatic rings. The minimum Gasteiger partial charge on any atom is -0.314 e. The molecule has 0 atom stereocenters. The zero-order chi connectivity index (χ0) is 15.3. The average Bonchev–Trinajstić information content (AvgIpc) is 3.16. The summed E-state index contributed by atoms with van der Waals surface area (Å²) in [6.45, 7) is 2.21. The van der Waals surface area contributed by atoms with Crippen LogP contribution in [-0.4, -0.2) is 60.7 Å². The van der Waals surface area contributed by atoms with E-state index in [0.717, 1.165) is 25.3 Å². The molecule has 0 radical (unpaired) electrons. The summed E-state index contributed by atoms with van der Waals surface area (Å²) in [7, 11) is -1.79. The summed E-state index contributed by atoms with van der Waals surface area (Å²) < 4.78 is 27.8. The molecule has 6 nitrogen and oxygen atoms in total. The molecule has 1 heterocycles. The average molecular weight is 332 g/mol. The third kappa shape index (κ3) is 4.98. The van der Waals surface area contributed by atoms with Crippen LogP contribution in [0.15, 0.2) is 17.3 Å². The van der Waals surface area contributed by atoms with Crippen molar-refractivity contribution in [3.63, 3.8) is 0 Å². The molecule has 0 aliphatic heterocycles. The molecule has 0 spiro atoms. The molecule has 1 aliphatic carbocycles. The Kier molecular flexibility index (Phi) is 6.09. The van der Waals surface area contributed by atoms with Crippen LogP contribution in [0.5, 0.6) is 0 Å². The molecule has 0 unspecified atom stereocenters. The van der Waals surface area contributed by atoms with Gasteiger partial charge >= 0.3 is 0 Å². The monoisotopic (exact) mass is 332 g/mol. The van der Waals surface area contributed by atoms with Crippen LogP contribution in [-0.2, 0) is 16.6 Å². The van der Waals surface area contributed by atoms with Crippen molar-refractivity contribution in [2.75, 3.05) is 32.1 Å². The van der Waals surface area contributed by atoms with Gasteiger partial charge in [-0.15, -0.1) is 0 Å². The fourth-order valence-corrected chi connectivity index (χ4v) is 3.65. The Labute approximate surface area is 131 Å². The second kappa shape index (κ2) is 7.62. The second-order valence-corrected chi connectivity index (χ2v) is 8.37. The summed E-state index contributed by atoms with van der Waals surface area (Å²) in [5.41, 5.74) is 0. The number of nitrogens with one attached hydrogen (secondary N) is 1. The summed E-state index contributed by atoms with van der Waals surface area (Å²) in [4.78, 5) is 0.279. The lowest BCUT2D eigenvalue weighted by molar-refractivity contribution is 0.488. The fourth-order valence-electron chi connectivity index (χ4n) is 1.95. The van der Waals surface area contributed by atoms with Crippen LogP contribution in [0.2, 0.25) is 0 Å². The van der Waals surface area contributed by atoms with Crippen molar-refractivity contribution in [1.82, 2.24) is 19.4 Å². The van der Waals surface area contributed by atoms with Crippen LogP contribution in [0.25, 0.3) is 0 Å². The number of aryl methyl sites for hydroxylation is 1. The van der Waals surface area contributed by atoms with Crippen molar-refractivity contribution >= 4 is 21.8 Å². The topological polar surface area (TPSA) is 67.2 Å². The van der Waals surface area contributed by atoms with Crippen LogP contribution in [0, 0.1) is 0 Å². The highest BCUT2D eigenvalue weighted by atomic mass is 32.2. The molecule has 2 rings (SSSR count). The first-order valence-electron chi connectivity index (χ1n) is 7.25. The van der Waals surface area contributed by atoms with E-state index in [1.54, 1.807) is 29.7 Å². The van der Waals surface area contributed by atoms with Gasteiger partial charge in [-0.1, -0.05) is 0 Å². The van der Waals surface area contributed by atoms with E-state index in [-0.39, 0.29) is 4.90 Å². The van der Waals surface area contributed by atoms with Gasteiger partial charge in [-0.05, 0) is 32.1 Å². The number of hydrogen-bond acceptors (Lipinski definition) is 5. The van der Waals surface area contributed by atoms with Gasteiger partial charge in [0, 0.05) is 38.1 Å². The maximum absolute atomic E-state index is 12.3. The van der Waals surface area contributed by atoms with Gasteiger partial charge in [0.2, 0.25) is 10.0 Å². The van der Waals surface area contributed by atoms with Gasteiger partial charge in [0.1, 0.15) is 4.90 Å². The van der Waals surface area contributed by atoms with Gasteiger partial charge in [-0.3, -0.25) is 4.68 Å². The zero-order valence-electron chi connectivity index (χ0n) is 12.7. The zero-order valence-corrected chi connectivity index (χ0v) is 14.3. The lowest BCUT2D eigenvalue weighted by atomic mass is 10.4. The van der Waals surface area contributed by atoms with Crippen molar-refractivity contribution in [3.05, 3.63) is 12.4 Å². The summed E-state index contributed by atoms with van der Waals surface area (Å²) in [5.74, 6) is 0.788. The van der Waals surface area contributed by atoms with Gasteiger partial charge in [0.25, 0.3) is 0 Å². The van der Waals surface area contributed by atoms with E-state index in [2.05, 4.69) is 10.4 Å². The van der Waals surface area contributed by atoms with Crippen LogP contribution >= 0.6 is 11.8 Å². The third-order valence-electron chi connectivity index (χ3n) is 3.50. The predicted octanol–water partition coefficient (Wildman–Crippen LogP) is 1.01. The van der Waals surface area contributed by atoms with Crippen LogP contribution in [0.4, 0.5) is 0 Å². The standard InChI is InChI=1S/C13H24N4O2S2/c1-16(8-9-20-2)21(18,19)13-10-15-17(11-13)7-3-6-14-12-4-5-12/h10-12,14H,3-9H2,1-2H3. The van der Waals surface area contributed by atoms with Crippen molar-refractivity contribution in [2.45, 2.75) is 36.7 Å². The molecule has 1 saturated carbocycles. The van der Waals surface area contributed by atoms with Crippen LogP contribution in [0.1, 0.15) is 19.3 Å². The van der Waals surface area contributed by atoms with E-state index < -0.39 is 10.0 Å². The Morgan fingerprint density at radius 1 is 1.52 bits per heavy atom. The van der Waals surface area contributed by atoms with Crippen molar-refractivity contribution in [3.8, 4) is 0 Å². The molecule has 1 aliphatic rings. The van der Waals surface area contributed by atoms with E-state index in [9.17, 15) is 8.42 Å². The molecular formula is C13H24N4O2S2. The molecule has 1 fully saturated rings. The quantitative estimate of drug-likeness (QED) is 0.648. The van der Waals surface area contributed by atoms with Gasteiger partial charge < -0.3 is 5.32 Å². The largest absolute Gasteiger partial charge is 0.314 e. The molecule has 0 bridgehead atoms. The maximum Gasteiger partial charge on any atom is 0.245 e. The summed E-state index contributed by atoms with van der Waals surface area (Å²) >= 11 is 1.63. The van der Waals surface area contributed by atoms with Gasteiger partial charge in [0.05, 0.1) is 6.20 Å². The Balaban J connectivity index is 1.84. The van der Waals surface area contributed by atoms with Crippen molar-refractivity contribution in [1.29, 1.82) is 0 Å². The normalized spacial score (nSPS) is 15.8. The van der Waals surface area contributed by atoms with E-state index in [1.165, 1.54) is 23.3 Å². The highest BCUT2D eigenvalue weighted by Gasteiger charge is 2.22. The molecule has 8 heteroatoms. The molecule has 0 amide bonds. The number of thioether (sulfide) groups is 1. The smallest absolute Gasteiger partial charge is 0.245 e. The number of rotatable bonds is 10. The van der Waals surface area contributed by atoms with Crippen LogP contribution < -0.4 is 5.32 Å². The van der Waals surface area contributed by atoms with Gasteiger partial charge in [-0.2, -0.15) is 16.9 Å². The number of nitrogens with zero attached hydrogens (tertiary/aromatic N) is 3. The highest BCUT2D eigenvalue weighted by molar-refractivity contribution is 7.98. The number of aromatic nitrogens is 2. The second-order valence-electron chi connectivity index (χ2n) is 5.34. The van der Waals surface area contributed by atoms with Gasteiger partial charge in [0.15, 0.2) is 0 Å². The fraction of sp³-hybridized carbons (Fsp3) is 0.769. The van der Waals surface area contributed by atoms with Gasteiger partial charge in [-0.25, -0.2) is 12.7 Å². The summed E-state index contributed by atoms with van der Waals surface area (Å²) in [5, 5.41) is 7.59. The minimum atomic E-state index is -3.40. The maximum atomic E-state index is 12.3. The first-order valence-corrected chi connectivity index (χ1v) is 10.1. The number of sulfonamides is 1. The van der Waals surface area contributed by atoms with Crippen LogP contribution in [0.3, 0.4) is 0 Å². The molecule has 0 saturated heterocycles. The first kappa shape index (κ1) is 16.8. The first-order chi connectivity index (χ1) is 10.0. The Morgan fingerprint density at radius 2 is 2.29 bits per heavy atom. The molecule has 21 heavy (non-hydrogen) atoms. The number of hydrogen-bond donors (Lipinski definition) is 1. The van der Waals surface area contributed by atoms with Crippen molar-refractivity contribution < 1.29 is 8.42 Å².